The van der Waals surface area contributed by atoms with Crippen LogP contribution >= 0.6 is 0 Å². The number of carboxylic acid groups (broad SMARTS) is 1. The fourth-order valence-corrected chi connectivity index (χ4v) is 4.06. The molecule has 2 aromatic rings. The lowest BCUT2D eigenvalue weighted by molar-refractivity contribution is -0.142. The Bertz CT molecular complexity index is 925. The zero-order chi connectivity index (χ0) is 23.6. The van der Waals surface area contributed by atoms with E-state index in [0.717, 1.165) is 24.0 Å². The summed E-state index contributed by atoms with van der Waals surface area (Å²) in [6.07, 6.45) is 6.55. The maximum atomic E-state index is 12.5. The van der Waals surface area contributed by atoms with Gasteiger partial charge in [0.1, 0.15) is 11.8 Å². The van der Waals surface area contributed by atoms with Gasteiger partial charge in [-0.3, -0.25) is 14.6 Å². The number of methoxy groups -OCH3 is 1. The van der Waals surface area contributed by atoms with Crippen molar-refractivity contribution >= 4 is 17.8 Å². The third-order valence-corrected chi connectivity index (χ3v) is 6.05. The van der Waals surface area contributed by atoms with Gasteiger partial charge in [-0.25, -0.2) is 4.79 Å². The molecule has 0 aliphatic carbocycles. The molecule has 1 aliphatic heterocycles. The molecular formula is C25H31N3O5. The van der Waals surface area contributed by atoms with Crippen LogP contribution in [0.3, 0.4) is 0 Å². The molecule has 0 bridgehead atoms. The number of rotatable bonds is 10. The number of ether oxygens (including phenoxy) is 1. The second-order valence-electron chi connectivity index (χ2n) is 8.39. The van der Waals surface area contributed by atoms with Crippen molar-refractivity contribution in [3.05, 3.63) is 59.9 Å². The topological polar surface area (TPSA) is 109 Å². The van der Waals surface area contributed by atoms with E-state index in [1.165, 1.54) is 0 Å². The highest BCUT2D eigenvalue weighted by Gasteiger charge is 2.26. The summed E-state index contributed by atoms with van der Waals surface area (Å²) in [5.41, 5.74) is 1.90. The van der Waals surface area contributed by atoms with Gasteiger partial charge >= 0.3 is 5.97 Å². The van der Waals surface area contributed by atoms with Crippen molar-refractivity contribution in [2.24, 2.45) is 5.92 Å². The normalized spacial score (nSPS) is 15.0. The van der Waals surface area contributed by atoms with Gasteiger partial charge in [-0.15, -0.1) is 0 Å². The highest BCUT2D eigenvalue weighted by atomic mass is 16.5. The number of carbonyl (C=O) groups excluding carboxylic acids is 2. The van der Waals surface area contributed by atoms with E-state index in [-0.39, 0.29) is 30.6 Å². The van der Waals surface area contributed by atoms with Crippen LogP contribution in [0.4, 0.5) is 0 Å². The molecule has 0 spiro atoms. The fraction of sp³-hybridized carbons (Fsp3) is 0.440. The minimum absolute atomic E-state index is 0.125. The molecule has 1 fully saturated rings. The number of carboxylic acids is 1. The molecule has 33 heavy (non-hydrogen) atoms. The van der Waals surface area contributed by atoms with Crippen LogP contribution in [0.5, 0.6) is 5.75 Å². The quantitative estimate of drug-likeness (QED) is 0.572. The summed E-state index contributed by atoms with van der Waals surface area (Å²) in [5, 5.41) is 12.2. The summed E-state index contributed by atoms with van der Waals surface area (Å²) >= 11 is 0. The van der Waals surface area contributed by atoms with Gasteiger partial charge in [0, 0.05) is 44.7 Å². The molecule has 1 aliphatic rings. The minimum atomic E-state index is -1.06. The molecular weight excluding hydrogens is 422 g/mol. The van der Waals surface area contributed by atoms with Crippen molar-refractivity contribution in [2.45, 2.75) is 44.6 Å². The van der Waals surface area contributed by atoms with Gasteiger partial charge in [0.05, 0.1) is 7.11 Å². The first-order chi connectivity index (χ1) is 15.9. The van der Waals surface area contributed by atoms with Crippen LogP contribution in [-0.2, 0) is 27.2 Å². The molecule has 0 unspecified atom stereocenters. The van der Waals surface area contributed by atoms with E-state index in [0.29, 0.717) is 31.7 Å². The van der Waals surface area contributed by atoms with Gasteiger partial charge in [0.25, 0.3) is 0 Å². The Labute approximate surface area is 194 Å². The van der Waals surface area contributed by atoms with Crippen LogP contribution < -0.4 is 10.1 Å². The summed E-state index contributed by atoms with van der Waals surface area (Å²) < 4.78 is 5.11. The second kappa shape index (κ2) is 12.0. The van der Waals surface area contributed by atoms with Gasteiger partial charge in [-0.05, 0) is 60.6 Å². The van der Waals surface area contributed by atoms with E-state index in [1.54, 1.807) is 43.8 Å². The molecule has 2 heterocycles. The Morgan fingerprint density at radius 1 is 1.09 bits per heavy atom. The number of nitrogens with zero attached hydrogens (tertiary/aromatic N) is 2. The number of aliphatic carboxylic acids is 1. The number of carbonyl (C=O) groups is 3. The maximum Gasteiger partial charge on any atom is 0.326 e. The molecule has 8 heteroatoms. The molecule has 2 amide bonds. The third-order valence-electron chi connectivity index (χ3n) is 6.05. The molecule has 2 N–H and O–H groups in total. The zero-order valence-electron chi connectivity index (χ0n) is 18.9. The molecule has 8 nitrogen and oxygen atoms in total. The Hall–Kier alpha value is -3.42. The lowest BCUT2D eigenvalue weighted by Gasteiger charge is -2.32. The SMILES string of the molecule is COc1ccc(C[C@H](NC(=O)CC2CCN(C(=O)CCc3ccncc3)CC2)C(=O)O)cc1. The monoisotopic (exact) mass is 453 g/mol. The van der Waals surface area contributed by atoms with Crippen LogP contribution in [0.25, 0.3) is 0 Å². The third kappa shape index (κ3) is 7.59. The Balaban J connectivity index is 1.41. The lowest BCUT2D eigenvalue weighted by atomic mass is 9.92. The Morgan fingerprint density at radius 3 is 2.36 bits per heavy atom. The maximum absolute atomic E-state index is 12.5. The summed E-state index contributed by atoms with van der Waals surface area (Å²) in [4.78, 5) is 42.5. The predicted molar refractivity (Wildman–Crippen MR) is 123 cm³/mol. The van der Waals surface area contributed by atoms with E-state index in [1.807, 2.05) is 17.0 Å². The van der Waals surface area contributed by atoms with Gasteiger partial charge < -0.3 is 20.1 Å². The van der Waals surface area contributed by atoms with E-state index in [9.17, 15) is 19.5 Å². The highest BCUT2D eigenvalue weighted by molar-refractivity contribution is 5.84. The number of pyridine rings is 1. The first kappa shape index (κ1) is 24.2. The van der Waals surface area contributed by atoms with Crippen molar-refractivity contribution in [1.29, 1.82) is 0 Å². The summed E-state index contributed by atoms with van der Waals surface area (Å²) in [6, 6.07) is 9.96. The summed E-state index contributed by atoms with van der Waals surface area (Å²) in [7, 11) is 1.57. The average molecular weight is 454 g/mol. The zero-order valence-corrected chi connectivity index (χ0v) is 18.9. The lowest BCUT2D eigenvalue weighted by Crippen LogP contribution is -2.44. The number of piperidine rings is 1. The van der Waals surface area contributed by atoms with Crippen LogP contribution in [0, 0.1) is 5.92 Å². The highest BCUT2D eigenvalue weighted by Crippen LogP contribution is 2.21. The van der Waals surface area contributed by atoms with Crippen LogP contribution in [-0.4, -0.2) is 59.0 Å². The van der Waals surface area contributed by atoms with E-state index in [4.69, 9.17) is 4.74 Å². The number of aryl methyl sites for hydroxylation is 1. The van der Waals surface area contributed by atoms with Gasteiger partial charge in [-0.1, -0.05) is 12.1 Å². The van der Waals surface area contributed by atoms with Crippen LogP contribution in [0.1, 0.15) is 36.8 Å². The molecule has 3 rings (SSSR count). The van der Waals surface area contributed by atoms with Crippen molar-refractivity contribution in [2.75, 3.05) is 20.2 Å². The Kier molecular flexibility index (Phi) is 8.80. The van der Waals surface area contributed by atoms with Crippen LogP contribution in [0.2, 0.25) is 0 Å². The number of hydrogen-bond acceptors (Lipinski definition) is 5. The molecule has 1 aromatic heterocycles. The van der Waals surface area contributed by atoms with E-state index >= 15 is 0 Å². The molecule has 1 saturated heterocycles. The first-order valence-corrected chi connectivity index (χ1v) is 11.3. The van der Waals surface area contributed by atoms with Crippen molar-refractivity contribution in [3.63, 3.8) is 0 Å². The van der Waals surface area contributed by atoms with E-state index < -0.39 is 12.0 Å². The number of nitrogens with one attached hydrogen (secondary N) is 1. The number of benzene rings is 1. The molecule has 1 aromatic carbocycles. The van der Waals surface area contributed by atoms with Gasteiger partial charge in [0.2, 0.25) is 11.8 Å². The first-order valence-electron chi connectivity index (χ1n) is 11.3. The Morgan fingerprint density at radius 2 is 1.76 bits per heavy atom. The predicted octanol–water partition coefficient (Wildman–Crippen LogP) is 2.46. The number of aromatic nitrogens is 1. The molecule has 176 valence electrons. The number of likely N-dealkylation sites (tertiary alicyclic amines) is 1. The number of hydrogen-bond donors (Lipinski definition) is 2. The summed E-state index contributed by atoms with van der Waals surface area (Å²) in [6.45, 7) is 1.25. The fourth-order valence-electron chi connectivity index (χ4n) is 4.06. The van der Waals surface area contributed by atoms with Gasteiger partial charge in [-0.2, -0.15) is 0 Å². The second-order valence-corrected chi connectivity index (χ2v) is 8.39. The molecule has 1 atom stereocenters. The van der Waals surface area contributed by atoms with Crippen molar-refractivity contribution in [3.8, 4) is 5.75 Å². The van der Waals surface area contributed by atoms with Crippen molar-refractivity contribution < 1.29 is 24.2 Å². The molecule has 0 radical (unpaired) electrons. The average Bonchev–Trinajstić information content (AvgIpc) is 2.83. The standard InChI is InChI=1S/C25H31N3O5/c1-33-21-5-2-19(3-6-21)16-22(25(31)32)27-23(29)17-20-10-14-28(15-11-20)24(30)7-4-18-8-12-26-13-9-18/h2-3,5-6,8-9,12-13,20,22H,4,7,10-11,14-17H2,1H3,(H,27,29)(H,31,32)/t22-/m0/s1. The molecule has 0 saturated carbocycles. The summed E-state index contributed by atoms with van der Waals surface area (Å²) in [5.74, 6) is -0.367. The van der Waals surface area contributed by atoms with Gasteiger partial charge in [0.15, 0.2) is 0 Å². The minimum Gasteiger partial charge on any atom is -0.497 e. The van der Waals surface area contributed by atoms with Crippen LogP contribution in [0.15, 0.2) is 48.8 Å². The smallest absolute Gasteiger partial charge is 0.326 e. The largest absolute Gasteiger partial charge is 0.497 e. The number of amides is 2. The van der Waals surface area contributed by atoms with Crippen molar-refractivity contribution in [1.82, 2.24) is 15.2 Å². The van der Waals surface area contributed by atoms with E-state index in [2.05, 4.69) is 10.3 Å².